The summed E-state index contributed by atoms with van der Waals surface area (Å²) in [5.41, 5.74) is 1.74. The van der Waals surface area contributed by atoms with Gasteiger partial charge in [-0.2, -0.15) is 0 Å². The SMILES string of the molecule is CCc1cc(=O)oc2c3c(c4c(c12)OC(C)C=C4)OC(C)CC3=O. The highest BCUT2D eigenvalue weighted by molar-refractivity contribution is 6.13. The van der Waals surface area contributed by atoms with Crippen LogP contribution in [-0.4, -0.2) is 18.0 Å². The van der Waals surface area contributed by atoms with Crippen LogP contribution in [0.5, 0.6) is 11.5 Å². The Balaban J connectivity index is 2.21. The Morgan fingerprint density at radius 2 is 1.96 bits per heavy atom. The average Bonchev–Trinajstić information content (AvgIpc) is 2.53. The molecule has 0 aliphatic carbocycles. The van der Waals surface area contributed by atoms with Gasteiger partial charge in [0, 0.05) is 12.5 Å². The number of Topliss-reactive ketones (excluding diaryl/α,β-unsaturated/α-hetero) is 1. The van der Waals surface area contributed by atoms with Gasteiger partial charge in [0.2, 0.25) is 0 Å². The summed E-state index contributed by atoms with van der Waals surface area (Å²) in [6.45, 7) is 5.75. The Hall–Kier alpha value is -2.56. The molecule has 2 aromatic rings. The zero-order valence-corrected chi connectivity index (χ0v) is 13.8. The van der Waals surface area contributed by atoms with Crippen molar-refractivity contribution in [2.45, 2.75) is 45.8 Å². The van der Waals surface area contributed by atoms with Crippen molar-refractivity contribution in [3.8, 4) is 11.5 Å². The molecule has 2 aliphatic rings. The fourth-order valence-electron chi connectivity index (χ4n) is 3.43. The largest absolute Gasteiger partial charge is 0.489 e. The summed E-state index contributed by atoms with van der Waals surface area (Å²) < 4.78 is 17.4. The molecule has 0 saturated carbocycles. The number of hydrogen-bond donors (Lipinski definition) is 0. The van der Waals surface area contributed by atoms with Crippen LogP contribution in [-0.2, 0) is 6.42 Å². The van der Waals surface area contributed by atoms with Gasteiger partial charge >= 0.3 is 5.63 Å². The van der Waals surface area contributed by atoms with Crippen molar-refractivity contribution in [1.82, 2.24) is 0 Å². The first-order valence-electron chi connectivity index (χ1n) is 8.21. The molecule has 2 unspecified atom stereocenters. The summed E-state index contributed by atoms with van der Waals surface area (Å²) in [5, 5.41) is 0.702. The number of ether oxygens (including phenoxy) is 2. The number of hydrogen-bond acceptors (Lipinski definition) is 5. The zero-order valence-electron chi connectivity index (χ0n) is 13.8. The lowest BCUT2D eigenvalue weighted by molar-refractivity contribution is 0.0870. The van der Waals surface area contributed by atoms with Crippen molar-refractivity contribution in [3.63, 3.8) is 0 Å². The molecule has 1 aromatic carbocycles. The molecular formula is C19H18O5. The van der Waals surface area contributed by atoms with Gasteiger partial charge in [0.15, 0.2) is 11.4 Å². The van der Waals surface area contributed by atoms with Crippen LogP contribution < -0.4 is 15.1 Å². The van der Waals surface area contributed by atoms with Crippen LogP contribution in [0.2, 0.25) is 0 Å². The Morgan fingerprint density at radius 1 is 1.17 bits per heavy atom. The standard InChI is InChI=1S/C19H18O5/c1-4-11-8-14(21)24-19-15(11)17-12(6-5-9(2)22-17)18-16(19)13(20)7-10(3)23-18/h5-6,8-10H,4,7H2,1-3H3. The summed E-state index contributed by atoms with van der Waals surface area (Å²) in [4.78, 5) is 24.6. The molecule has 5 nitrogen and oxygen atoms in total. The van der Waals surface area contributed by atoms with E-state index in [0.717, 1.165) is 11.1 Å². The summed E-state index contributed by atoms with van der Waals surface area (Å²) in [6, 6.07) is 1.47. The Labute approximate surface area is 138 Å². The predicted molar refractivity (Wildman–Crippen MR) is 90.0 cm³/mol. The van der Waals surface area contributed by atoms with E-state index in [1.807, 2.05) is 32.9 Å². The monoisotopic (exact) mass is 326 g/mol. The van der Waals surface area contributed by atoms with Crippen LogP contribution in [0.1, 0.15) is 48.7 Å². The Morgan fingerprint density at radius 3 is 2.71 bits per heavy atom. The third-order valence-corrected chi connectivity index (χ3v) is 4.50. The van der Waals surface area contributed by atoms with Crippen molar-refractivity contribution < 1.29 is 18.7 Å². The maximum Gasteiger partial charge on any atom is 0.336 e. The molecule has 0 saturated heterocycles. The van der Waals surface area contributed by atoms with E-state index in [-0.39, 0.29) is 30.0 Å². The first-order chi connectivity index (χ1) is 11.5. The number of rotatable bonds is 1. The van der Waals surface area contributed by atoms with Gasteiger partial charge in [-0.25, -0.2) is 4.79 Å². The highest BCUT2D eigenvalue weighted by atomic mass is 16.5. The van der Waals surface area contributed by atoms with Crippen LogP contribution in [0.3, 0.4) is 0 Å². The van der Waals surface area contributed by atoms with Crippen LogP contribution in [0, 0.1) is 0 Å². The molecule has 0 fully saturated rings. The van der Waals surface area contributed by atoms with E-state index >= 15 is 0 Å². The summed E-state index contributed by atoms with van der Waals surface area (Å²) in [7, 11) is 0. The molecule has 124 valence electrons. The van der Waals surface area contributed by atoms with Crippen LogP contribution >= 0.6 is 0 Å². The van der Waals surface area contributed by atoms with E-state index in [4.69, 9.17) is 13.9 Å². The second-order valence-electron chi connectivity index (χ2n) is 6.33. The van der Waals surface area contributed by atoms with Gasteiger partial charge in [-0.3, -0.25) is 4.79 Å². The molecule has 0 N–H and O–H groups in total. The van der Waals surface area contributed by atoms with Crippen LogP contribution in [0.15, 0.2) is 21.4 Å². The molecular weight excluding hydrogens is 308 g/mol. The van der Waals surface area contributed by atoms with Gasteiger partial charge in [-0.1, -0.05) is 6.92 Å². The molecule has 2 atom stereocenters. The third kappa shape index (κ3) is 2.08. The van der Waals surface area contributed by atoms with Crippen molar-refractivity contribution in [2.75, 3.05) is 0 Å². The zero-order chi connectivity index (χ0) is 17.0. The van der Waals surface area contributed by atoms with E-state index in [0.29, 0.717) is 28.9 Å². The van der Waals surface area contributed by atoms with Gasteiger partial charge in [0.05, 0.1) is 10.9 Å². The fourth-order valence-corrected chi connectivity index (χ4v) is 3.43. The highest BCUT2D eigenvalue weighted by Crippen LogP contribution is 2.47. The second kappa shape index (κ2) is 5.23. The molecule has 2 aliphatic heterocycles. The second-order valence-corrected chi connectivity index (χ2v) is 6.33. The molecule has 0 bridgehead atoms. The normalized spacial score (nSPS) is 21.9. The molecule has 24 heavy (non-hydrogen) atoms. The third-order valence-electron chi connectivity index (χ3n) is 4.50. The summed E-state index contributed by atoms with van der Waals surface area (Å²) in [5.74, 6) is 1.02. The number of ketones is 1. The molecule has 3 heterocycles. The maximum absolute atomic E-state index is 12.7. The van der Waals surface area contributed by atoms with E-state index in [9.17, 15) is 9.59 Å². The fraction of sp³-hybridized carbons (Fsp3) is 0.368. The van der Waals surface area contributed by atoms with Crippen LogP contribution in [0.4, 0.5) is 0 Å². The van der Waals surface area contributed by atoms with Gasteiger partial charge in [0.1, 0.15) is 29.3 Å². The van der Waals surface area contributed by atoms with Crippen molar-refractivity contribution in [1.29, 1.82) is 0 Å². The van der Waals surface area contributed by atoms with E-state index < -0.39 is 5.63 Å². The Bertz CT molecular complexity index is 951. The predicted octanol–water partition coefficient (Wildman–Crippen LogP) is 3.50. The first kappa shape index (κ1) is 15.0. The minimum absolute atomic E-state index is 0.0695. The van der Waals surface area contributed by atoms with E-state index in [1.165, 1.54) is 6.07 Å². The van der Waals surface area contributed by atoms with Gasteiger partial charge in [0.25, 0.3) is 0 Å². The molecule has 1 aromatic heterocycles. The highest BCUT2D eigenvalue weighted by Gasteiger charge is 2.34. The van der Waals surface area contributed by atoms with Gasteiger partial charge in [-0.15, -0.1) is 0 Å². The minimum Gasteiger partial charge on any atom is -0.489 e. The average molecular weight is 326 g/mol. The molecule has 5 heteroatoms. The lowest BCUT2D eigenvalue weighted by atomic mass is 9.91. The molecule has 0 spiro atoms. The van der Waals surface area contributed by atoms with E-state index in [1.54, 1.807) is 0 Å². The summed E-state index contributed by atoms with van der Waals surface area (Å²) >= 11 is 0. The maximum atomic E-state index is 12.7. The number of carbonyl (C=O) groups excluding carboxylic acids is 1. The van der Waals surface area contributed by atoms with Crippen LogP contribution in [0.25, 0.3) is 17.0 Å². The smallest absolute Gasteiger partial charge is 0.336 e. The summed E-state index contributed by atoms with van der Waals surface area (Å²) in [6.07, 6.45) is 4.43. The topological polar surface area (TPSA) is 65.7 Å². The van der Waals surface area contributed by atoms with Crippen molar-refractivity contribution in [3.05, 3.63) is 39.3 Å². The minimum atomic E-state index is -0.465. The molecule has 0 radical (unpaired) electrons. The lowest BCUT2D eigenvalue weighted by Gasteiger charge is -2.29. The van der Waals surface area contributed by atoms with Gasteiger partial charge in [-0.05, 0) is 38.0 Å². The number of aryl methyl sites for hydroxylation is 1. The number of carbonyl (C=O) groups is 1. The first-order valence-corrected chi connectivity index (χ1v) is 8.21. The lowest BCUT2D eigenvalue weighted by Crippen LogP contribution is -2.26. The quantitative estimate of drug-likeness (QED) is 0.750. The Kier molecular flexibility index (Phi) is 3.27. The number of fused-ring (bicyclic) bond motifs is 6. The van der Waals surface area contributed by atoms with Gasteiger partial charge < -0.3 is 13.9 Å². The molecule has 4 rings (SSSR count). The van der Waals surface area contributed by atoms with Crippen molar-refractivity contribution in [2.24, 2.45) is 0 Å². The van der Waals surface area contributed by atoms with Crippen molar-refractivity contribution >= 4 is 22.8 Å². The van der Waals surface area contributed by atoms with E-state index in [2.05, 4.69) is 0 Å². The molecule has 0 amide bonds. The number of benzene rings is 1.